The molecule has 0 aliphatic rings. The fourth-order valence-electron chi connectivity index (χ4n) is 1.67. The molecule has 0 spiro atoms. The molecule has 1 rings (SSSR count). The van der Waals surface area contributed by atoms with E-state index in [2.05, 4.69) is 6.92 Å². The van der Waals surface area contributed by atoms with Gasteiger partial charge in [0.1, 0.15) is 0 Å². The van der Waals surface area contributed by atoms with Crippen molar-refractivity contribution in [2.75, 3.05) is 0 Å². The Hall–Kier alpha value is -0.240. The predicted molar refractivity (Wildman–Crippen MR) is 67.6 cm³/mol. The molecule has 0 fully saturated rings. The Labute approximate surface area is 102 Å². The lowest BCUT2D eigenvalue weighted by molar-refractivity contribution is 0.428. The molecule has 0 aliphatic heterocycles. The summed E-state index contributed by atoms with van der Waals surface area (Å²) >= 11 is 11.8. The first kappa shape index (κ1) is 12.8. The SMILES string of the molecule is CCC(Cc1ccc(Cl)c(Cl)c1)C(C)N. The Kier molecular flexibility index (Phi) is 4.91. The van der Waals surface area contributed by atoms with Crippen molar-refractivity contribution in [3.63, 3.8) is 0 Å². The van der Waals surface area contributed by atoms with Crippen LogP contribution >= 0.6 is 23.2 Å². The molecule has 84 valence electrons. The summed E-state index contributed by atoms with van der Waals surface area (Å²) in [6.45, 7) is 4.21. The second-order valence-corrected chi connectivity index (χ2v) is 4.79. The lowest BCUT2D eigenvalue weighted by Gasteiger charge is -2.19. The molecule has 0 heterocycles. The van der Waals surface area contributed by atoms with E-state index < -0.39 is 0 Å². The standard InChI is InChI=1S/C12H17Cl2N/c1-3-10(8(2)15)6-9-4-5-11(13)12(14)7-9/h4-5,7-8,10H,3,6,15H2,1-2H3. The van der Waals surface area contributed by atoms with Gasteiger partial charge in [0.2, 0.25) is 0 Å². The maximum atomic E-state index is 5.96. The topological polar surface area (TPSA) is 26.0 Å². The molecule has 2 N–H and O–H groups in total. The molecule has 2 atom stereocenters. The Morgan fingerprint density at radius 1 is 1.27 bits per heavy atom. The van der Waals surface area contributed by atoms with Crippen molar-refractivity contribution in [1.82, 2.24) is 0 Å². The molecule has 0 amide bonds. The molecule has 0 saturated heterocycles. The minimum atomic E-state index is 0.212. The largest absolute Gasteiger partial charge is 0.328 e. The van der Waals surface area contributed by atoms with E-state index in [4.69, 9.17) is 28.9 Å². The summed E-state index contributed by atoms with van der Waals surface area (Å²) in [5.74, 6) is 0.502. The van der Waals surface area contributed by atoms with E-state index in [9.17, 15) is 0 Å². The van der Waals surface area contributed by atoms with Crippen LogP contribution in [0.25, 0.3) is 0 Å². The highest BCUT2D eigenvalue weighted by atomic mass is 35.5. The van der Waals surface area contributed by atoms with Crippen molar-refractivity contribution >= 4 is 23.2 Å². The number of hydrogen-bond donors (Lipinski definition) is 1. The van der Waals surface area contributed by atoms with Gasteiger partial charge >= 0.3 is 0 Å². The van der Waals surface area contributed by atoms with Gasteiger partial charge in [0.15, 0.2) is 0 Å². The molecular formula is C12H17Cl2N. The van der Waals surface area contributed by atoms with Gasteiger partial charge in [-0.25, -0.2) is 0 Å². The van der Waals surface area contributed by atoms with Crippen LogP contribution in [0.2, 0.25) is 10.0 Å². The Morgan fingerprint density at radius 3 is 2.40 bits per heavy atom. The predicted octanol–water partition coefficient (Wildman–Crippen LogP) is 3.91. The monoisotopic (exact) mass is 245 g/mol. The molecule has 3 heteroatoms. The third-order valence-electron chi connectivity index (χ3n) is 2.75. The summed E-state index contributed by atoms with van der Waals surface area (Å²) in [6, 6.07) is 5.99. The molecule has 0 radical (unpaired) electrons. The highest BCUT2D eigenvalue weighted by molar-refractivity contribution is 6.42. The van der Waals surface area contributed by atoms with Gasteiger partial charge in [0.25, 0.3) is 0 Å². The molecule has 15 heavy (non-hydrogen) atoms. The summed E-state index contributed by atoms with van der Waals surface area (Å²) in [5.41, 5.74) is 7.11. The van der Waals surface area contributed by atoms with E-state index in [0.29, 0.717) is 16.0 Å². The van der Waals surface area contributed by atoms with E-state index >= 15 is 0 Å². The van der Waals surface area contributed by atoms with E-state index in [1.54, 1.807) is 0 Å². The van der Waals surface area contributed by atoms with Gasteiger partial charge in [0.05, 0.1) is 10.0 Å². The van der Waals surface area contributed by atoms with Crippen LogP contribution in [0.3, 0.4) is 0 Å². The number of halogens is 2. The van der Waals surface area contributed by atoms with Gasteiger partial charge in [-0.1, -0.05) is 42.6 Å². The summed E-state index contributed by atoms with van der Waals surface area (Å²) < 4.78 is 0. The molecule has 0 aromatic heterocycles. The van der Waals surface area contributed by atoms with Gasteiger partial charge in [-0.15, -0.1) is 0 Å². The van der Waals surface area contributed by atoms with Crippen LogP contribution in [0.5, 0.6) is 0 Å². The lowest BCUT2D eigenvalue weighted by atomic mass is 9.91. The van der Waals surface area contributed by atoms with Crippen LogP contribution in [0.4, 0.5) is 0 Å². The third kappa shape index (κ3) is 3.67. The van der Waals surface area contributed by atoms with E-state index in [0.717, 1.165) is 12.8 Å². The van der Waals surface area contributed by atoms with Crippen molar-refractivity contribution < 1.29 is 0 Å². The minimum Gasteiger partial charge on any atom is -0.328 e. The number of rotatable bonds is 4. The lowest BCUT2D eigenvalue weighted by Crippen LogP contribution is -2.27. The first-order valence-corrected chi connectivity index (χ1v) is 5.99. The highest BCUT2D eigenvalue weighted by Gasteiger charge is 2.12. The van der Waals surface area contributed by atoms with E-state index in [-0.39, 0.29) is 6.04 Å². The van der Waals surface area contributed by atoms with E-state index in [1.165, 1.54) is 5.56 Å². The third-order valence-corrected chi connectivity index (χ3v) is 3.49. The molecule has 0 aliphatic carbocycles. The van der Waals surface area contributed by atoms with Crippen LogP contribution in [-0.2, 0) is 6.42 Å². The Bertz CT molecular complexity index is 323. The normalized spacial score (nSPS) is 15.0. The number of benzene rings is 1. The zero-order valence-corrected chi connectivity index (χ0v) is 10.6. The first-order valence-electron chi connectivity index (χ1n) is 5.24. The molecule has 2 unspecified atom stereocenters. The van der Waals surface area contributed by atoms with Crippen LogP contribution in [0.15, 0.2) is 18.2 Å². The molecule has 0 bridgehead atoms. The van der Waals surface area contributed by atoms with Crippen molar-refractivity contribution in [2.45, 2.75) is 32.7 Å². The summed E-state index contributed by atoms with van der Waals surface area (Å²) in [6.07, 6.45) is 2.04. The van der Waals surface area contributed by atoms with Crippen LogP contribution in [0.1, 0.15) is 25.8 Å². The molecular weight excluding hydrogens is 229 g/mol. The summed E-state index contributed by atoms with van der Waals surface area (Å²) in [7, 11) is 0. The van der Waals surface area contributed by atoms with Gasteiger partial charge in [0, 0.05) is 6.04 Å². The zero-order chi connectivity index (χ0) is 11.4. The Balaban J connectivity index is 2.75. The van der Waals surface area contributed by atoms with Gasteiger partial charge in [-0.05, 0) is 37.0 Å². The number of hydrogen-bond acceptors (Lipinski definition) is 1. The second-order valence-electron chi connectivity index (χ2n) is 3.98. The van der Waals surface area contributed by atoms with Crippen LogP contribution < -0.4 is 5.73 Å². The van der Waals surface area contributed by atoms with Crippen molar-refractivity contribution in [2.24, 2.45) is 11.7 Å². The van der Waals surface area contributed by atoms with Crippen molar-refractivity contribution in [1.29, 1.82) is 0 Å². The van der Waals surface area contributed by atoms with Gasteiger partial charge in [-0.2, -0.15) is 0 Å². The Morgan fingerprint density at radius 2 is 1.93 bits per heavy atom. The zero-order valence-electron chi connectivity index (χ0n) is 9.13. The van der Waals surface area contributed by atoms with Crippen LogP contribution in [0, 0.1) is 5.92 Å². The fourth-order valence-corrected chi connectivity index (χ4v) is 1.99. The maximum Gasteiger partial charge on any atom is 0.0595 e. The second kappa shape index (κ2) is 5.74. The van der Waals surface area contributed by atoms with E-state index in [1.807, 2.05) is 25.1 Å². The summed E-state index contributed by atoms with van der Waals surface area (Å²) in [4.78, 5) is 0. The molecule has 1 nitrogen and oxygen atoms in total. The van der Waals surface area contributed by atoms with Gasteiger partial charge < -0.3 is 5.73 Å². The first-order chi connectivity index (χ1) is 7.04. The van der Waals surface area contributed by atoms with Crippen LogP contribution in [-0.4, -0.2) is 6.04 Å². The fraction of sp³-hybridized carbons (Fsp3) is 0.500. The number of nitrogens with two attached hydrogens (primary N) is 1. The highest BCUT2D eigenvalue weighted by Crippen LogP contribution is 2.24. The summed E-state index contributed by atoms with van der Waals surface area (Å²) in [5, 5.41) is 1.22. The molecule has 0 saturated carbocycles. The van der Waals surface area contributed by atoms with Crippen molar-refractivity contribution in [3.05, 3.63) is 33.8 Å². The van der Waals surface area contributed by atoms with Gasteiger partial charge in [-0.3, -0.25) is 0 Å². The van der Waals surface area contributed by atoms with Crippen molar-refractivity contribution in [3.8, 4) is 0 Å². The quantitative estimate of drug-likeness (QED) is 0.856. The smallest absolute Gasteiger partial charge is 0.0595 e. The molecule has 1 aromatic carbocycles. The average molecular weight is 246 g/mol. The maximum absolute atomic E-state index is 5.96. The molecule has 1 aromatic rings. The minimum absolute atomic E-state index is 0.212. The average Bonchev–Trinajstić information content (AvgIpc) is 2.19.